The number of aliphatic hydroxyl groups excluding tert-OH is 4. The predicted molar refractivity (Wildman–Crippen MR) is 33.3 cm³/mol. The molecule has 0 atom stereocenters. The van der Waals surface area contributed by atoms with E-state index in [4.69, 9.17) is 39.6 Å². The molecule has 0 rings (SSSR count). The molecule has 0 aliphatic carbocycles. The molecule has 73 valence electrons. The Kier molecular flexibility index (Phi) is 357. The van der Waals surface area contributed by atoms with Gasteiger partial charge in [-0.1, -0.05) is 25.9 Å². The van der Waals surface area contributed by atoms with Crippen LogP contribution in [0.25, 0.3) is 0 Å². The second kappa shape index (κ2) is 154. The van der Waals surface area contributed by atoms with E-state index in [1.54, 1.807) is 0 Å². The molecule has 0 amide bonds. The summed E-state index contributed by atoms with van der Waals surface area (Å²) in [7, 11) is 0. The molecular formula is C4H4O8V. The Bertz CT molecular complexity index is 70.1. The quantitative estimate of drug-likeness (QED) is 0.365. The maximum Gasteiger partial charge on any atom is 4.00 e. The van der Waals surface area contributed by atoms with Crippen molar-refractivity contribution < 1.29 is 58.2 Å². The van der Waals surface area contributed by atoms with Gasteiger partial charge in [0, 0.05) is 0 Å². The monoisotopic (exact) mass is 231 g/mol. The maximum atomic E-state index is 8.24. The van der Waals surface area contributed by atoms with Crippen LogP contribution in [-0.2, 0) is 37.7 Å². The summed E-state index contributed by atoms with van der Waals surface area (Å²) in [5.41, 5.74) is 0. The van der Waals surface area contributed by atoms with Gasteiger partial charge in [0.05, 0.1) is 0 Å². The number of hydrogen-bond acceptors (Lipinski definition) is 4. The molecule has 0 fully saturated rings. The van der Waals surface area contributed by atoms with Crippen LogP contribution >= 0.6 is 0 Å². The molecule has 0 bridgehead atoms. The summed E-state index contributed by atoms with van der Waals surface area (Å²) >= 11 is 0. The van der Waals surface area contributed by atoms with Gasteiger partial charge < -0.3 is 39.6 Å². The first-order valence-electron chi connectivity index (χ1n) is 1.71. The molecule has 1 radical (unpaired) electrons. The van der Waals surface area contributed by atoms with Gasteiger partial charge in [0.25, 0.3) is 0 Å². The van der Waals surface area contributed by atoms with Crippen molar-refractivity contribution in [2.24, 2.45) is 0 Å². The van der Waals surface area contributed by atoms with E-state index in [-0.39, 0.29) is 18.6 Å². The molecule has 0 aromatic heterocycles. The summed E-state index contributed by atoms with van der Waals surface area (Å²) in [4.78, 5) is 32.9. The van der Waals surface area contributed by atoms with Crippen LogP contribution in [0.3, 0.4) is 0 Å². The van der Waals surface area contributed by atoms with Crippen LogP contribution in [-0.4, -0.2) is 46.3 Å². The minimum Gasteiger partial charge on any atom is -0.665 e. The van der Waals surface area contributed by atoms with E-state index < -0.39 is 0 Å². The first-order valence-corrected chi connectivity index (χ1v) is 1.71. The fourth-order valence-corrected chi connectivity index (χ4v) is 0. The molecule has 4 N–H and O–H groups in total. The third-order valence-corrected chi connectivity index (χ3v) is 0. The first-order chi connectivity index (χ1) is 5.66. The van der Waals surface area contributed by atoms with Gasteiger partial charge in [-0.2, -0.15) is 0 Å². The molecule has 0 saturated carbocycles. The van der Waals surface area contributed by atoms with Crippen molar-refractivity contribution in [3.05, 3.63) is 0 Å². The van der Waals surface area contributed by atoms with Crippen LogP contribution < -0.4 is 0 Å². The average molecular weight is 231 g/mol. The van der Waals surface area contributed by atoms with E-state index in [1.807, 2.05) is 0 Å². The van der Waals surface area contributed by atoms with Gasteiger partial charge in [0.1, 0.15) is 0 Å². The topological polar surface area (TPSA) is 149 Å². The summed E-state index contributed by atoms with van der Waals surface area (Å²) in [5.74, 6) is 0. The minimum atomic E-state index is 0. The molecule has 0 unspecified atom stereocenters. The van der Waals surface area contributed by atoms with Gasteiger partial charge in [-0.05, 0) is 0 Å². The Morgan fingerprint density at radius 2 is 0.538 bits per heavy atom. The average Bonchev–Trinajstić information content (AvgIpc) is 1.92. The smallest absolute Gasteiger partial charge is 0.665 e. The van der Waals surface area contributed by atoms with Crippen molar-refractivity contribution in [1.29, 1.82) is 0 Å². The van der Waals surface area contributed by atoms with E-state index in [0.717, 1.165) is 0 Å². The second-order valence-corrected chi connectivity index (χ2v) is 0.365. The first kappa shape index (κ1) is 30.0. The Morgan fingerprint density at radius 3 is 0.538 bits per heavy atom. The van der Waals surface area contributed by atoms with Gasteiger partial charge >= 0.3 is 18.6 Å². The molecule has 13 heavy (non-hydrogen) atoms. The van der Waals surface area contributed by atoms with E-state index in [1.165, 1.54) is 0 Å². The fraction of sp³-hybridized carbons (Fsp3) is 0. The van der Waals surface area contributed by atoms with E-state index in [2.05, 4.69) is 0 Å². The predicted octanol–water partition coefficient (Wildman–Crippen LogP) is -1.56. The second-order valence-electron chi connectivity index (χ2n) is 0.365. The molecule has 0 aliphatic rings. The van der Waals surface area contributed by atoms with Crippen LogP contribution in [0.15, 0.2) is 0 Å². The summed E-state index contributed by atoms with van der Waals surface area (Å²) in [6, 6.07) is 0. The third kappa shape index (κ3) is 318. The summed E-state index contributed by atoms with van der Waals surface area (Å²) in [6.07, 6.45) is 0. The minimum absolute atomic E-state index is 0. The van der Waals surface area contributed by atoms with E-state index in [0.29, 0.717) is 25.9 Å². The van der Waals surface area contributed by atoms with Gasteiger partial charge in [0.15, 0.2) is 0 Å². The zero-order valence-electron chi connectivity index (χ0n) is 5.87. The Balaban J connectivity index is -0.0000000213. The molecule has 0 aromatic carbocycles. The molecule has 8 nitrogen and oxygen atoms in total. The zero-order chi connectivity index (χ0) is 10.8. The van der Waals surface area contributed by atoms with Gasteiger partial charge in [-0.25, -0.2) is 0 Å². The van der Waals surface area contributed by atoms with Crippen LogP contribution in [0.1, 0.15) is 0 Å². The van der Waals surface area contributed by atoms with Crippen molar-refractivity contribution in [1.82, 2.24) is 0 Å². The van der Waals surface area contributed by atoms with Crippen LogP contribution in [0.2, 0.25) is 0 Å². The van der Waals surface area contributed by atoms with Crippen molar-refractivity contribution in [2.75, 3.05) is 0 Å². The van der Waals surface area contributed by atoms with E-state index >= 15 is 0 Å². The summed E-state index contributed by atoms with van der Waals surface area (Å²) < 4.78 is 0. The van der Waals surface area contributed by atoms with Gasteiger partial charge in [-0.3, -0.25) is 0 Å². The number of hydrogen-bond donors (Lipinski definition) is 4. The SMILES string of the molecule is O=[C-]O.O=[C-]O.O=[C-]O.O=[C-]O.[V+4]. The molecule has 0 spiro atoms. The summed E-state index contributed by atoms with van der Waals surface area (Å²) in [5, 5.41) is 27.1. The van der Waals surface area contributed by atoms with Crippen LogP contribution in [0, 0.1) is 0 Å². The Labute approximate surface area is 84.7 Å². The van der Waals surface area contributed by atoms with Crippen molar-refractivity contribution >= 4 is 25.9 Å². The Morgan fingerprint density at radius 1 is 0.538 bits per heavy atom. The zero-order valence-corrected chi connectivity index (χ0v) is 7.27. The largest absolute Gasteiger partial charge is 4.00 e. The molecule has 0 saturated heterocycles. The fourth-order valence-electron chi connectivity index (χ4n) is 0. The third-order valence-electron chi connectivity index (χ3n) is 0. The van der Waals surface area contributed by atoms with E-state index in [9.17, 15) is 0 Å². The molecule has 0 aliphatic heterocycles. The number of rotatable bonds is 0. The normalized spacial score (nSPS) is 3.69. The van der Waals surface area contributed by atoms with Crippen molar-refractivity contribution in [2.45, 2.75) is 0 Å². The molecule has 0 aromatic rings. The Hall–Kier alpha value is -1.54. The summed E-state index contributed by atoms with van der Waals surface area (Å²) in [6.45, 7) is 2.00. The molecular weight excluding hydrogens is 227 g/mol. The molecule has 0 heterocycles. The van der Waals surface area contributed by atoms with Crippen LogP contribution in [0.5, 0.6) is 0 Å². The molecule has 9 heteroatoms. The van der Waals surface area contributed by atoms with Gasteiger partial charge in [-0.15, -0.1) is 0 Å². The van der Waals surface area contributed by atoms with Crippen LogP contribution in [0.4, 0.5) is 0 Å². The van der Waals surface area contributed by atoms with Crippen molar-refractivity contribution in [3.8, 4) is 0 Å². The van der Waals surface area contributed by atoms with Crippen molar-refractivity contribution in [3.63, 3.8) is 0 Å². The standard InChI is InChI=1S/4CHO2.V/c4*2-1-3;/h4*(H,2,3);/q4*-1;+4. The maximum absolute atomic E-state index is 8.24. The van der Waals surface area contributed by atoms with Gasteiger partial charge in [0.2, 0.25) is 0 Å².